The second-order valence-corrected chi connectivity index (χ2v) is 4.90. The Morgan fingerprint density at radius 2 is 2.39 bits per heavy atom. The molecular formula is C12H10N2O3S. The summed E-state index contributed by atoms with van der Waals surface area (Å²) in [6, 6.07) is 5.80. The molecule has 0 aliphatic rings. The minimum Gasteiger partial charge on any atom is -0.497 e. The molecular weight excluding hydrogens is 252 g/mol. The van der Waals surface area contributed by atoms with Crippen molar-refractivity contribution in [1.82, 2.24) is 9.38 Å². The van der Waals surface area contributed by atoms with E-state index in [0.29, 0.717) is 5.69 Å². The summed E-state index contributed by atoms with van der Waals surface area (Å²) >= 11 is 1.53. The van der Waals surface area contributed by atoms with Crippen LogP contribution in [0, 0.1) is 0 Å². The summed E-state index contributed by atoms with van der Waals surface area (Å²) in [4.78, 5) is 15.8. The molecule has 0 bridgehead atoms. The van der Waals surface area contributed by atoms with Gasteiger partial charge in [-0.1, -0.05) is 11.3 Å². The molecule has 0 aliphatic heterocycles. The summed E-state index contributed by atoms with van der Waals surface area (Å²) in [7, 11) is 1.62. The topological polar surface area (TPSA) is 63.8 Å². The third kappa shape index (κ3) is 1.70. The van der Waals surface area contributed by atoms with E-state index in [1.54, 1.807) is 13.3 Å². The van der Waals surface area contributed by atoms with Crippen molar-refractivity contribution in [3.05, 3.63) is 30.1 Å². The lowest BCUT2D eigenvalue weighted by atomic mass is 10.3. The van der Waals surface area contributed by atoms with Crippen LogP contribution in [0.4, 0.5) is 0 Å². The maximum absolute atomic E-state index is 10.7. The Labute approximate surface area is 106 Å². The number of benzene rings is 1. The summed E-state index contributed by atoms with van der Waals surface area (Å²) in [5.41, 5.74) is 1.55. The van der Waals surface area contributed by atoms with Crippen molar-refractivity contribution < 1.29 is 14.6 Å². The Hall–Kier alpha value is -2.08. The van der Waals surface area contributed by atoms with E-state index in [4.69, 9.17) is 9.84 Å². The van der Waals surface area contributed by atoms with E-state index in [1.165, 1.54) is 11.3 Å². The van der Waals surface area contributed by atoms with Crippen LogP contribution in [0.3, 0.4) is 0 Å². The zero-order valence-electron chi connectivity index (χ0n) is 9.58. The number of carboxylic acid groups (broad SMARTS) is 1. The van der Waals surface area contributed by atoms with Crippen LogP contribution in [0.15, 0.2) is 24.4 Å². The fourth-order valence-corrected chi connectivity index (χ4v) is 2.90. The molecule has 0 aliphatic carbocycles. The number of hydrogen-bond acceptors (Lipinski definition) is 4. The Balaban J connectivity index is 2.19. The van der Waals surface area contributed by atoms with E-state index in [2.05, 4.69) is 4.98 Å². The van der Waals surface area contributed by atoms with Crippen LogP contribution >= 0.6 is 11.3 Å². The summed E-state index contributed by atoms with van der Waals surface area (Å²) in [6.07, 6.45) is 1.71. The zero-order chi connectivity index (χ0) is 12.7. The van der Waals surface area contributed by atoms with E-state index in [9.17, 15) is 4.79 Å². The van der Waals surface area contributed by atoms with Crippen molar-refractivity contribution >= 4 is 32.5 Å². The van der Waals surface area contributed by atoms with Gasteiger partial charge in [0.1, 0.15) is 5.75 Å². The van der Waals surface area contributed by atoms with Gasteiger partial charge in [0.05, 0.1) is 29.4 Å². The molecule has 18 heavy (non-hydrogen) atoms. The molecule has 0 radical (unpaired) electrons. The first-order valence-electron chi connectivity index (χ1n) is 5.33. The minimum atomic E-state index is -0.873. The number of methoxy groups -OCH3 is 1. The van der Waals surface area contributed by atoms with Gasteiger partial charge in [-0.25, -0.2) is 4.98 Å². The number of carboxylic acids is 1. The highest BCUT2D eigenvalue weighted by atomic mass is 32.1. The van der Waals surface area contributed by atoms with Gasteiger partial charge in [-0.15, -0.1) is 0 Å². The highest BCUT2D eigenvalue weighted by Gasteiger charge is 2.11. The fourth-order valence-electron chi connectivity index (χ4n) is 1.89. The van der Waals surface area contributed by atoms with E-state index >= 15 is 0 Å². The number of fused-ring (bicyclic) bond motifs is 3. The number of hydrogen-bond donors (Lipinski definition) is 1. The first-order valence-corrected chi connectivity index (χ1v) is 6.15. The van der Waals surface area contributed by atoms with Gasteiger partial charge < -0.3 is 9.84 Å². The standard InChI is InChI=1S/C12H10N2O3S/c1-17-8-2-3-10-9(5-8)14-6-7(4-11(15)16)13-12(14)18-10/h2-3,5-6H,4H2,1H3,(H,15,16). The Morgan fingerprint density at radius 1 is 1.56 bits per heavy atom. The van der Waals surface area contributed by atoms with Crippen LogP contribution < -0.4 is 4.74 Å². The smallest absolute Gasteiger partial charge is 0.309 e. The largest absolute Gasteiger partial charge is 0.497 e. The predicted octanol–water partition coefficient (Wildman–Crippen LogP) is 2.18. The number of thiazole rings is 1. The number of aliphatic carboxylic acids is 1. The van der Waals surface area contributed by atoms with Crippen molar-refractivity contribution in [2.45, 2.75) is 6.42 Å². The van der Waals surface area contributed by atoms with Crippen LogP contribution in [0.2, 0.25) is 0 Å². The number of carbonyl (C=O) groups is 1. The monoisotopic (exact) mass is 262 g/mol. The third-order valence-electron chi connectivity index (χ3n) is 2.68. The molecule has 0 saturated carbocycles. The van der Waals surface area contributed by atoms with E-state index < -0.39 is 5.97 Å². The number of rotatable bonds is 3. The van der Waals surface area contributed by atoms with Gasteiger partial charge in [-0.2, -0.15) is 0 Å². The Bertz CT molecular complexity index is 744. The van der Waals surface area contributed by atoms with Gasteiger partial charge in [-0.3, -0.25) is 9.20 Å². The van der Waals surface area contributed by atoms with E-state index in [1.807, 2.05) is 22.6 Å². The highest BCUT2D eigenvalue weighted by Crippen LogP contribution is 2.29. The van der Waals surface area contributed by atoms with Crippen molar-refractivity contribution in [2.24, 2.45) is 0 Å². The van der Waals surface area contributed by atoms with Crippen molar-refractivity contribution in [2.75, 3.05) is 7.11 Å². The van der Waals surface area contributed by atoms with E-state index in [0.717, 1.165) is 20.9 Å². The van der Waals surface area contributed by atoms with Crippen molar-refractivity contribution in [3.63, 3.8) is 0 Å². The van der Waals surface area contributed by atoms with Crippen molar-refractivity contribution in [1.29, 1.82) is 0 Å². The highest BCUT2D eigenvalue weighted by molar-refractivity contribution is 7.23. The molecule has 0 unspecified atom stereocenters. The predicted molar refractivity (Wildman–Crippen MR) is 68.5 cm³/mol. The Kier molecular flexibility index (Phi) is 2.45. The van der Waals surface area contributed by atoms with Gasteiger partial charge in [0.2, 0.25) is 0 Å². The average molecular weight is 262 g/mol. The van der Waals surface area contributed by atoms with Gasteiger partial charge in [-0.05, 0) is 12.1 Å². The summed E-state index contributed by atoms with van der Waals surface area (Å²) in [5, 5.41) is 8.76. The lowest BCUT2D eigenvalue weighted by Crippen LogP contribution is -1.99. The van der Waals surface area contributed by atoms with Gasteiger partial charge in [0.25, 0.3) is 0 Å². The van der Waals surface area contributed by atoms with Crippen LogP contribution in [0.5, 0.6) is 5.75 Å². The molecule has 0 saturated heterocycles. The molecule has 0 fully saturated rings. The molecule has 92 valence electrons. The SMILES string of the molecule is COc1ccc2sc3nc(CC(=O)O)cn3c2c1. The molecule has 6 heteroatoms. The molecule has 0 amide bonds. The number of nitrogens with zero attached hydrogens (tertiary/aromatic N) is 2. The van der Waals surface area contributed by atoms with Gasteiger partial charge in [0.15, 0.2) is 4.96 Å². The van der Waals surface area contributed by atoms with Crippen LogP contribution in [0.25, 0.3) is 15.2 Å². The molecule has 0 atom stereocenters. The lowest BCUT2D eigenvalue weighted by molar-refractivity contribution is -0.136. The summed E-state index contributed by atoms with van der Waals surface area (Å²) in [5.74, 6) is -0.0988. The van der Waals surface area contributed by atoms with Crippen LogP contribution in [-0.2, 0) is 11.2 Å². The maximum Gasteiger partial charge on any atom is 0.309 e. The zero-order valence-corrected chi connectivity index (χ0v) is 10.4. The van der Waals surface area contributed by atoms with Crippen molar-refractivity contribution in [3.8, 4) is 5.75 Å². The molecule has 3 rings (SSSR count). The Morgan fingerprint density at radius 3 is 3.11 bits per heavy atom. The van der Waals surface area contributed by atoms with Gasteiger partial charge >= 0.3 is 5.97 Å². The fraction of sp³-hybridized carbons (Fsp3) is 0.167. The molecule has 2 aromatic heterocycles. The van der Waals surface area contributed by atoms with E-state index in [-0.39, 0.29) is 6.42 Å². The number of imidazole rings is 1. The summed E-state index contributed by atoms with van der Waals surface area (Å²) < 4.78 is 8.19. The molecule has 0 spiro atoms. The molecule has 1 N–H and O–H groups in total. The summed E-state index contributed by atoms with van der Waals surface area (Å²) in [6.45, 7) is 0. The number of aromatic nitrogens is 2. The first-order chi connectivity index (χ1) is 8.67. The molecule has 5 nitrogen and oxygen atoms in total. The van der Waals surface area contributed by atoms with Crippen LogP contribution in [-0.4, -0.2) is 27.6 Å². The van der Waals surface area contributed by atoms with Gasteiger partial charge in [0, 0.05) is 12.3 Å². The molecule has 3 aromatic rings. The second-order valence-electron chi connectivity index (χ2n) is 3.89. The molecule has 2 heterocycles. The number of ether oxygens (including phenoxy) is 1. The first kappa shape index (κ1) is 11.0. The van der Waals surface area contributed by atoms with Crippen LogP contribution in [0.1, 0.15) is 5.69 Å². The second kappa shape index (κ2) is 3.99. The normalized spacial score (nSPS) is 11.2. The lowest BCUT2D eigenvalue weighted by Gasteiger charge is -1.98. The third-order valence-corrected chi connectivity index (χ3v) is 3.72. The molecule has 1 aromatic carbocycles. The maximum atomic E-state index is 10.7. The minimum absolute atomic E-state index is 0.0557. The average Bonchev–Trinajstić information content (AvgIpc) is 2.84. The quantitative estimate of drug-likeness (QED) is 0.785.